The second kappa shape index (κ2) is 18.9. The lowest BCUT2D eigenvalue weighted by Crippen LogP contribution is -2.56. The Morgan fingerprint density at radius 2 is 1.37 bits per heavy atom. The van der Waals surface area contributed by atoms with E-state index in [0.717, 1.165) is 22.4 Å². The van der Waals surface area contributed by atoms with Crippen LogP contribution < -0.4 is 16.0 Å². The molecule has 2 heterocycles. The molecular formula is C38H45N5O6. The van der Waals surface area contributed by atoms with E-state index in [9.17, 15) is 19.5 Å². The van der Waals surface area contributed by atoms with E-state index in [1.807, 2.05) is 99.6 Å². The molecule has 4 atom stereocenters. The Morgan fingerprint density at radius 1 is 0.735 bits per heavy atom. The first-order chi connectivity index (χ1) is 23.7. The van der Waals surface area contributed by atoms with Crippen LogP contribution >= 0.6 is 0 Å². The molecule has 0 spiro atoms. The van der Waals surface area contributed by atoms with Gasteiger partial charge < -0.3 is 30.5 Å². The molecule has 2 aromatic heterocycles. The summed E-state index contributed by atoms with van der Waals surface area (Å²) in [7, 11) is 0. The maximum Gasteiger partial charge on any atom is 0.408 e. The van der Waals surface area contributed by atoms with E-state index in [1.165, 1.54) is 0 Å². The van der Waals surface area contributed by atoms with Gasteiger partial charge in [-0.3, -0.25) is 14.8 Å². The van der Waals surface area contributed by atoms with E-state index in [-0.39, 0.29) is 25.6 Å². The van der Waals surface area contributed by atoms with E-state index in [1.54, 1.807) is 24.5 Å². The lowest BCUT2D eigenvalue weighted by Gasteiger charge is -2.30. The standard InChI is InChI=1S/C38H45N5O6/c1-26(2)35(43-38(47)49-25-31-18-10-12-27(3)40-31)36(45)42-33(21-29-15-8-5-9-16-29)34(44)22-32(20-28-13-6-4-7-14-28)41-37(46)48-24-30-17-11-19-39-23-30/h4-19,23,26,32-35,44H,20-22,24-25H2,1-3H3,(H,41,46)(H,42,45)(H,43,47)/t32-,33-,34-,35?/m0/s1. The number of nitrogens with zero attached hydrogens (tertiary/aromatic N) is 2. The van der Waals surface area contributed by atoms with E-state index in [2.05, 4.69) is 25.9 Å². The average Bonchev–Trinajstić information content (AvgIpc) is 3.09. The number of aliphatic hydroxyl groups is 1. The molecule has 0 radical (unpaired) electrons. The summed E-state index contributed by atoms with van der Waals surface area (Å²) in [6.45, 7) is 5.47. The molecule has 4 aromatic rings. The second-order valence-electron chi connectivity index (χ2n) is 12.3. The normalized spacial score (nSPS) is 13.4. The van der Waals surface area contributed by atoms with Crippen LogP contribution in [0.15, 0.2) is 103 Å². The Kier molecular flexibility index (Phi) is 14.1. The molecule has 0 bridgehead atoms. The van der Waals surface area contributed by atoms with E-state index >= 15 is 0 Å². The van der Waals surface area contributed by atoms with E-state index < -0.39 is 42.3 Å². The van der Waals surface area contributed by atoms with Crippen LogP contribution in [0, 0.1) is 12.8 Å². The minimum atomic E-state index is -1.08. The van der Waals surface area contributed by atoms with Gasteiger partial charge in [-0.1, -0.05) is 86.6 Å². The minimum absolute atomic E-state index is 0.0422. The molecule has 0 saturated carbocycles. The highest BCUT2D eigenvalue weighted by Crippen LogP contribution is 2.16. The van der Waals surface area contributed by atoms with Crippen LogP contribution in [-0.4, -0.2) is 57.4 Å². The van der Waals surface area contributed by atoms with Crippen molar-refractivity contribution in [2.45, 2.75) is 77.5 Å². The molecule has 4 rings (SSSR count). The number of aromatic nitrogens is 2. The summed E-state index contributed by atoms with van der Waals surface area (Å²) in [4.78, 5) is 47.8. The highest BCUT2D eigenvalue weighted by molar-refractivity contribution is 5.86. The van der Waals surface area contributed by atoms with Crippen molar-refractivity contribution < 1.29 is 29.0 Å². The van der Waals surface area contributed by atoms with Gasteiger partial charge in [0.05, 0.1) is 17.8 Å². The van der Waals surface area contributed by atoms with E-state index in [4.69, 9.17) is 9.47 Å². The molecule has 2 aromatic carbocycles. The number of carbonyl (C=O) groups excluding carboxylic acids is 3. The van der Waals surface area contributed by atoms with Crippen molar-refractivity contribution in [3.63, 3.8) is 0 Å². The molecular weight excluding hydrogens is 622 g/mol. The summed E-state index contributed by atoms with van der Waals surface area (Å²) >= 11 is 0. The largest absolute Gasteiger partial charge is 0.445 e. The van der Waals surface area contributed by atoms with Crippen LogP contribution in [0.5, 0.6) is 0 Å². The van der Waals surface area contributed by atoms with Crippen LogP contribution in [0.1, 0.15) is 48.3 Å². The number of alkyl carbamates (subject to hydrolysis) is 2. The third-order valence-corrected chi connectivity index (χ3v) is 7.88. The zero-order valence-corrected chi connectivity index (χ0v) is 28.1. The molecule has 11 heteroatoms. The van der Waals surface area contributed by atoms with Gasteiger partial charge >= 0.3 is 12.2 Å². The first kappa shape index (κ1) is 36.5. The first-order valence-corrected chi connectivity index (χ1v) is 16.4. The summed E-state index contributed by atoms with van der Waals surface area (Å²) in [5.74, 6) is -0.759. The number of hydrogen-bond donors (Lipinski definition) is 4. The van der Waals surface area contributed by atoms with Gasteiger partial charge in [-0.2, -0.15) is 0 Å². The average molecular weight is 668 g/mol. The SMILES string of the molecule is Cc1cccc(COC(=O)NC(C(=O)N[C@@H](Cc2ccccc2)[C@@H](O)C[C@H](Cc2ccccc2)NC(=O)OCc2cccnc2)C(C)C)n1. The number of benzene rings is 2. The topological polar surface area (TPSA) is 152 Å². The fourth-order valence-electron chi connectivity index (χ4n) is 5.34. The van der Waals surface area contributed by atoms with Gasteiger partial charge in [0, 0.05) is 29.7 Å². The summed E-state index contributed by atoms with van der Waals surface area (Å²) in [6.07, 6.45) is 1.63. The lowest BCUT2D eigenvalue weighted by atomic mass is 9.93. The van der Waals surface area contributed by atoms with Crippen LogP contribution in [0.4, 0.5) is 9.59 Å². The maximum absolute atomic E-state index is 13.7. The van der Waals surface area contributed by atoms with Crippen molar-refractivity contribution in [2.24, 2.45) is 5.92 Å². The molecule has 0 saturated heterocycles. The monoisotopic (exact) mass is 667 g/mol. The van der Waals surface area contributed by atoms with Crippen LogP contribution in [0.2, 0.25) is 0 Å². The molecule has 1 unspecified atom stereocenters. The number of carbonyl (C=O) groups is 3. The first-order valence-electron chi connectivity index (χ1n) is 16.4. The highest BCUT2D eigenvalue weighted by atomic mass is 16.6. The Labute approximate surface area is 287 Å². The third-order valence-electron chi connectivity index (χ3n) is 7.88. The third kappa shape index (κ3) is 12.7. The van der Waals surface area contributed by atoms with Gasteiger partial charge in [-0.15, -0.1) is 0 Å². The van der Waals surface area contributed by atoms with Crippen LogP contribution in [0.25, 0.3) is 0 Å². The van der Waals surface area contributed by atoms with Crippen molar-refractivity contribution in [1.82, 2.24) is 25.9 Å². The highest BCUT2D eigenvalue weighted by Gasteiger charge is 2.31. The van der Waals surface area contributed by atoms with Crippen LogP contribution in [0.3, 0.4) is 0 Å². The molecule has 11 nitrogen and oxygen atoms in total. The number of ether oxygens (including phenoxy) is 2. The van der Waals surface area contributed by atoms with Gasteiger partial charge in [-0.05, 0) is 61.4 Å². The maximum atomic E-state index is 13.7. The number of pyridine rings is 2. The van der Waals surface area contributed by atoms with Crippen molar-refractivity contribution >= 4 is 18.1 Å². The van der Waals surface area contributed by atoms with Gasteiger partial charge in [0.2, 0.25) is 5.91 Å². The minimum Gasteiger partial charge on any atom is -0.445 e. The Balaban J connectivity index is 1.46. The van der Waals surface area contributed by atoms with Gasteiger partial charge in [-0.25, -0.2) is 9.59 Å². The quantitative estimate of drug-likeness (QED) is 0.130. The molecule has 0 aliphatic heterocycles. The summed E-state index contributed by atoms with van der Waals surface area (Å²) < 4.78 is 10.8. The van der Waals surface area contributed by atoms with Crippen molar-refractivity contribution in [2.75, 3.05) is 0 Å². The molecule has 49 heavy (non-hydrogen) atoms. The number of hydrogen-bond acceptors (Lipinski definition) is 8. The zero-order valence-electron chi connectivity index (χ0n) is 28.1. The van der Waals surface area contributed by atoms with Crippen LogP contribution in [-0.2, 0) is 40.3 Å². The number of rotatable bonds is 16. The van der Waals surface area contributed by atoms with Gasteiger partial charge in [0.15, 0.2) is 0 Å². The summed E-state index contributed by atoms with van der Waals surface area (Å²) in [5, 5.41) is 20.2. The molecule has 4 N–H and O–H groups in total. The van der Waals surface area contributed by atoms with E-state index in [0.29, 0.717) is 18.5 Å². The fourth-order valence-corrected chi connectivity index (χ4v) is 5.34. The molecule has 258 valence electrons. The van der Waals surface area contributed by atoms with Gasteiger partial charge in [0.25, 0.3) is 0 Å². The predicted octanol–water partition coefficient (Wildman–Crippen LogP) is 5.05. The number of aryl methyl sites for hydroxylation is 1. The number of nitrogens with one attached hydrogen (secondary N) is 3. The Bertz CT molecular complexity index is 1610. The lowest BCUT2D eigenvalue weighted by molar-refractivity contribution is -0.125. The Hall–Kier alpha value is -5.29. The van der Waals surface area contributed by atoms with Crippen molar-refractivity contribution in [3.05, 3.63) is 131 Å². The second-order valence-corrected chi connectivity index (χ2v) is 12.3. The molecule has 0 aliphatic carbocycles. The zero-order chi connectivity index (χ0) is 35.0. The predicted molar refractivity (Wildman–Crippen MR) is 185 cm³/mol. The van der Waals surface area contributed by atoms with Gasteiger partial charge in [0.1, 0.15) is 19.3 Å². The smallest absolute Gasteiger partial charge is 0.408 e. The summed E-state index contributed by atoms with van der Waals surface area (Å²) in [6, 6.07) is 25.9. The Morgan fingerprint density at radius 3 is 2.00 bits per heavy atom. The molecule has 0 aliphatic rings. The fraction of sp³-hybridized carbons (Fsp3) is 0.342. The number of aliphatic hydroxyl groups excluding tert-OH is 1. The molecule has 3 amide bonds. The van der Waals surface area contributed by atoms with Crippen molar-refractivity contribution in [3.8, 4) is 0 Å². The number of amides is 3. The summed E-state index contributed by atoms with van der Waals surface area (Å²) in [5.41, 5.74) is 3.99. The molecule has 0 fully saturated rings. The van der Waals surface area contributed by atoms with Crippen molar-refractivity contribution in [1.29, 1.82) is 0 Å².